The van der Waals surface area contributed by atoms with Gasteiger partial charge in [0.1, 0.15) is 17.8 Å². The SMILES string of the molecule is COC(=O)[C@H]1Cc2c([nH]c3ccccc23)[C@@H](c2occc2CC[C@H]2[C@H](COC(C)=O)CC[C@@H]3[C@]2(C)CCC[C@]3(C)C(=O)OC)N1C(=O)c1ccccc1. The van der Waals surface area contributed by atoms with Crippen molar-refractivity contribution in [3.63, 3.8) is 0 Å². The number of H-pyrrole nitrogens is 1. The van der Waals surface area contributed by atoms with E-state index in [1.807, 2.05) is 48.5 Å². The Hall–Kier alpha value is -4.86. The molecule has 2 fully saturated rings. The minimum atomic E-state index is -0.897. The number of hydrogen-bond acceptors (Lipinski definition) is 8. The lowest BCUT2D eigenvalue weighted by molar-refractivity contribution is -0.176. The van der Waals surface area contributed by atoms with Gasteiger partial charge >= 0.3 is 17.9 Å². The average molecular weight is 723 g/mol. The molecule has 10 nitrogen and oxygen atoms in total. The third-order valence-electron chi connectivity index (χ3n) is 13.0. The molecule has 280 valence electrons. The number of carbonyl (C=O) groups excluding carboxylic acids is 4. The number of amides is 1. The van der Waals surface area contributed by atoms with Crippen molar-refractivity contribution in [2.75, 3.05) is 20.8 Å². The van der Waals surface area contributed by atoms with E-state index in [0.717, 1.165) is 66.2 Å². The summed E-state index contributed by atoms with van der Waals surface area (Å²) in [6.07, 6.45) is 7.67. The van der Waals surface area contributed by atoms with Gasteiger partial charge < -0.3 is 28.5 Å². The highest BCUT2D eigenvalue weighted by atomic mass is 16.5. The highest BCUT2D eigenvalue weighted by Gasteiger charge is 2.59. The fourth-order valence-corrected chi connectivity index (χ4v) is 10.6. The summed E-state index contributed by atoms with van der Waals surface area (Å²) >= 11 is 0. The van der Waals surface area contributed by atoms with Crippen molar-refractivity contribution in [2.45, 2.75) is 84.2 Å². The third-order valence-corrected chi connectivity index (χ3v) is 13.0. The fraction of sp³-hybridized carbons (Fsp3) is 0.488. The van der Waals surface area contributed by atoms with Crippen LogP contribution in [0.4, 0.5) is 0 Å². The molecule has 7 rings (SSSR count). The van der Waals surface area contributed by atoms with E-state index in [2.05, 4.69) is 18.8 Å². The number of furan rings is 1. The van der Waals surface area contributed by atoms with Crippen LogP contribution in [0.2, 0.25) is 0 Å². The van der Waals surface area contributed by atoms with Crippen LogP contribution < -0.4 is 0 Å². The topological polar surface area (TPSA) is 128 Å². The van der Waals surface area contributed by atoms with E-state index >= 15 is 0 Å². The monoisotopic (exact) mass is 722 g/mol. The number of benzene rings is 2. The lowest BCUT2D eigenvalue weighted by Gasteiger charge is -2.59. The standard InChI is InChI=1S/C43H50N2O8/c1-26(46)53-25-29-17-19-35-42(2,21-11-22-43(35,3)41(49)51-5)32(29)18-16-27-20-23-52-38(27)37-36-31(30-14-9-10-15-33(30)44-36)24-34(40(48)50-4)45(37)39(47)28-12-7-6-8-13-28/h6-10,12-15,20,23,29,32,34-35,37,44H,11,16-19,21-22,24-25H2,1-5H3/t29-,32-,34+,35+,37-,42+,43-/m0/s1. The molecule has 1 aliphatic heterocycles. The number of fused-ring (bicyclic) bond motifs is 4. The number of para-hydroxylation sites is 1. The first-order chi connectivity index (χ1) is 25.5. The van der Waals surface area contributed by atoms with E-state index in [4.69, 9.17) is 18.6 Å². The summed E-state index contributed by atoms with van der Waals surface area (Å²) in [5.41, 5.74) is 3.27. The smallest absolute Gasteiger partial charge is 0.328 e. The van der Waals surface area contributed by atoms with Crippen molar-refractivity contribution in [1.29, 1.82) is 0 Å². The van der Waals surface area contributed by atoms with E-state index in [0.29, 0.717) is 24.4 Å². The van der Waals surface area contributed by atoms with Gasteiger partial charge in [-0.3, -0.25) is 14.4 Å². The van der Waals surface area contributed by atoms with E-state index in [1.54, 1.807) is 23.3 Å². The molecule has 2 aromatic carbocycles. The summed E-state index contributed by atoms with van der Waals surface area (Å²) < 4.78 is 22.8. The van der Waals surface area contributed by atoms with Crippen LogP contribution in [0.25, 0.3) is 10.9 Å². The van der Waals surface area contributed by atoms with Gasteiger partial charge in [0.15, 0.2) is 0 Å². The highest BCUT2D eigenvalue weighted by molar-refractivity contribution is 5.98. The number of hydrogen-bond donors (Lipinski definition) is 1. The number of nitrogens with zero attached hydrogens (tertiary/aromatic N) is 1. The summed E-state index contributed by atoms with van der Waals surface area (Å²) in [6, 6.07) is 17.3. The quantitative estimate of drug-likeness (QED) is 0.138. The van der Waals surface area contributed by atoms with Gasteiger partial charge in [-0.1, -0.05) is 49.7 Å². The van der Waals surface area contributed by atoms with E-state index in [-0.39, 0.29) is 47.4 Å². The Labute approximate surface area is 310 Å². The summed E-state index contributed by atoms with van der Waals surface area (Å²) in [6.45, 7) is 6.16. The number of methoxy groups -OCH3 is 2. The van der Waals surface area contributed by atoms with Gasteiger partial charge in [0.05, 0.1) is 38.2 Å². The van der Waals surface area contributed by atoms with Crippen LogP contribution in [0, 0.1) is 28.6 Å². The molecule has 1 amide bonds. The van der Waals surface area contributed by atoms with Gasteiger partial charge in [0, 0.05) is 29.8 Å². The first-order valence-corrected chi connectivity index (χ1v) is 18.8. The van der Waals surface area contributed by atoms with Crippen molar-refractivity contribution in [1.82, 2.24) is 9.88 Å². The van der Waals surface area contributed by atoms with Gasteiger partial charge in [-0.25, -0.2) is 4.79 Å². The number of aryl methyl sites for hydroxylation is 1. The van der Waals surface area contributed by atoms with Gasteiger partial charge in [-0.2, -0.15) is 0 Å². The van der Waals surface area contributed by atoms with Crippen molar-refractivity contribution in [2.24, 2.45) is 28.6 Å². The maximum Gasteiger partial charge on any atom is 0.328 e. The van der Waals surface area contributed by atoms with Crippen molar-refractivity contribution >= 4 is 34.7 Å². The van der Waals surface area contributed by atoms with Gasteiger partial charge in [0.25, 0.3) is 5.91 Å². The number of ether oxygens (including phenoxy) is 3. The Morgan fingerprint density at radius 2 is 1.70 bits per heavy atom. The van der Waals surface area contributed by atoms with Crippen molar-refractivity contribution < 1.29 is 37.8 Å². The second kappa shape index (κ2) is 14.5. The molecule has 10 heteroatoms. The molecule has 0 spiro atoms. The zero-order chi connectivity index (χ0) is 37.5. The molecule has 1 N–H and O–H groups in total. The zero-order valence-corrected chi connectivity index (χ0v) is 31.3. The third kappa shape index (κ3) is 6.33. The Morgan fingerprint density at radius 1 is 0.943 bits per heavy atom. The molecule has 0 saturated heterocycles. The Balaban J connectivity index is 1.30. The first-order valence-electron chi connectivity index (χ1n) is 18.8. The highest BCUT2D eigenvalue weighted by Crippen LogP contribution is 2.62. The molecular weight excluding hydrogens is 672 g/mol. The summed E-state index contributed by atoms with van der Waals surface area (Å²) in [5, 5.41) is 0.988. The van der Waals surface area contributed by atoms with Crippen LogP contribution in [-0.2, 0) is 41.4 Å². The molecule has 3 heterocycles. The lowest BCUT2D eigenvalue weighted by Crippen LogP contribution is -2.55. The number of carbonyl (C=O) groups is 4. The van der Waals surface area contributed by atoms with E-state index in [9.17, 15) is 19.2 Å². The van der Waals surface area contributed by atoms with Crippen LogP contribution in [0.15, 0.2) is 71.3 Å². The average Bonchev–Trinajstić information content (AvgIpc) is 3.79. The fourth-order valence-electron chi connectivity index (χ4n) is 10.6. The van der Waals surface area contributed by atoms with Crippen molar-refractivity contribution in [3.8, 4) is 0 Å². The molecule has 0 bridgehead atoms. The molecule has 3 aliphatic rings. The molecule has 2 saturated carbocycles. The van der Waals surface area contributed by atoms with Crippen LogP contribution in [0.1, 0.15) is 98.3 Å². The largest absolute Gasteiger partial charge is 0.469 e. The summed E-state index contributed by atoms with van der Waals surface area (Å²) in [7, 11) is 2.83. The second-order valence-corrected chi connectivity index (χ2v) is 15.7. The molecular formula is C43H50N2O8. The van der Waals surface area contributed by atoms with Gasteiger partial charge in [0.2, 0.25) is 0 Å². The Morgan fingerprint density at radius 3 is 2.43 bits per heavy atom. The molecule has 4 aromatic rings. The van der Waals surface area contributed by atoms with Gasteiger partial charge in [-0.15, -0.1) is 0 Å². The van der Waals surface area contributed by atoms with Crippen LogP contribution in [0.5, 0.6) is 0 Å². The van der Waals surface area contributed by atoms with Crippen LogP contribution >= 0.6 is 0 Å². The Kier molecular flexibility index (Phi) is 10.00. The minimum Gasteiger partial charge on any atom is -0.469 e. The number of rotatable bonds is 9. The second-order valence-electron chi connectivity index (χ2n) is 15.7. The maximum atomic E-state index is 14.6. The zero-order valence-electron chi connectivity index (χ0n) is 31.3. The maximum absolute atomic E-state index is 14.6. The molecule has 2 aromatic heterocycles. The number of esters is 3. The summed E-state index contributed by atoms with van der Waals surface area (Å²) in [5.74, 6) is -0.297. The number of nitrogens with one attached hydrogen (secondary N) is 1. The minimum absolute atomic E-state index is 0.116. The van der Waals surface area contributed by atoms with Gasteiger partial charge in [-0.05, 0) is 104 Å². The molecule has 53 heavy (non-hydrogen) atoms. The first kappa shape index (κ1) is 36.5. The number of aromatic amines is 1. The van der Waals surface area contributed by atoms with E-state index in [1.165, 1.54) is 21.1 Å². The normalized spacial score (nSPS) is 28.1. The van der Waals surface area contributed by atoms with Crippen molar-refractivity contribution in [3.05, 3.63) is 95.1 Å². The molecule has 0 unspecified atom stereocenters. The Bertz CT molecular complexity index is 2000. The van der Waals surface area contributed by atoms with Crippen LogP contribution in [-0.4, -0.2) is 60.6 Å². The summed E-state index contributed by atoms with van der Waals surface area (Å²) in [4.78, 5) is 58.8. The van der Waals surface area contributed by atoms with E-state index < -0.39 is 23.5 Å². The van der Waals surface area contributed by atoms with Crippen LogP contribution in [0.3, 0.4) is 0 Å². The molecule has 2 aliphatic carbocycles. The number of aromatic nitrogens is 1. The predicted molar refractivity (Wildman–Crippen MR) is 198 cm³/mol. The molecule has 7 atom stereocenters. The molecule has 0 radical (unpaired) electrons. The predicted octanol–water partition coefficient (Wildman–Crippen LogP) is 7.60. The lowest BCUT2D eigenvalue weighted by atomic mass is 9.45.